The lowest BCUT2D eigenvalue weighted by Crippen LogP contribution is -2.20. The van der Waals surface area contributed by atoms with Gasteiger partial charge >= 0.3 is 0 Å². The Morgan fingerprint density at radius 2 is 1.81 bits per heavy atom. The minimum absolute atomic E-state index is 0.0484. The summed E-state index contributed by atoms with van der Waals surface area (Å²) in [6, 6.07) is 12.9. The average Bonchev–Trinajstić information content (AvgIpc) is 3.10. The Labute approximate surface area is 150 Å². The molecule has 0 unspecified atom stereocenters. The van der Waals surface area contributed by atoms with Crippen molar-refractivity contribution in [2.45, 2.75) is 13.5 Å². The summed E-state index contributed by atoms with van der Waals surface area (Å²) in [6.45, 7) is 1.96. The lowest BCUT2D eigenvalue weighted by atomic mass is 10.1. The van der Waals surface area contributed by atoms with Crippen LogP contribution >= 0.6 is 0 Å². The van der Waals surface area contributed by atoms with Gasteiger partial charge in [-0.05, 0) is 24.3 Å². The van der Waals surface area contributed by atoms with Gasteiger partial charge in [-0.15, -0.1) is 10.2 Å². The first kappa shape index (κ1) is 17.4. The Morgan fingerprint density at radius 3 is 2.50 bits per heavy atom. The molecule has 1 amide bonds. The van der Waals surface area contributed by atoms with Crippen molar-refractivity contribution in [3.8, 4) is 22.9 Å². The molecule has 1 heterocycles. The normalized spacial score (nSPS) is 10.4. The fourth-order valence-electron chi connectivity index (χ4n) is 2.37. The number of aryl methyl sites for hydroxylation is 1. The van der Waals surface area contributed by atoms with Crippen molar-refractivity contribution in [2.24, 2.45) is 0 Å². The van der Waals surface area contributed by atoms with Crippen molar-refractivity contribution < 1.29 is 14.3 Å². The molecule has 0 atom stereocenters. The monoisotopic (exact) mass is 353 g/mol. The van der Waals surface area contributed by atoms with E-state index >= 15 is 0 Å². The molecule has 2 aromatic carbocycles. The lowest BCUT2D eigenvalue weighted by molar-refractivity contribution is -0.117. The molecule has 26 heavy (non-hydrogen) atoms. The van der Waals surface area contributed by atoms with Crippen molar-refractivity contribution in [1.82, 2.24) is 20.2 Å². The predicted octanol–water partition coefficient (Wildman–Crippen LogP) is 2.30. The van der Waals surface area contributed by atoms with Gasteiger partial charge in [0.25, 0.3) is 0 Å². The molecule has 0 fully saturated rings. The number of hydrogen-bond acceptors (Lipinski definition) is 6. The first-order valence-corrected chi connectivity index (χ1v) is 7.96. The van der Waals surface area contributed by atoms with Crippen LogP contribution in [0.2, 0.25) is 0 Å². The largest absolute Gasteiger partial charge is 0.493 e. The molecule has 0 aliphatic heterocycles. The van der Waals surface area contributed by atoms with Crippen molar-refractivity contribution in [2.75, 3.05) is 19.5 Å². The van der Waals surface area contributed by atoms with Crippen LogP contribution in [-0.4, -0.2) is 40.3 Å². The van der Waals surface area contributed by atoms with E-state index < -0.39 is 0 Å². The topological polar surface area (TPSA) is 91.2 Å². The second-order valence-electron chi connectivity index (χ2n) is 5.63. The summed E-state index contributed by atoms with van der Waals surface area (Å²) in [6.07, 6.45) is 0. The van der Waals surface area contributed by atoms with Gasteiger partial charge in [-0.25, -0.2) is 0 Å². The standard InChI is InChI=1S/C18H19N5O3/c1-12-4-6-13(7-5-12)18-20-22-23(21-18)11-17(24)19-14-8-9-15(25-2)16(10-14)26-3/h4-10H,11H2,1-3H3,(H,19,24). The Hall–Kier alpha value is -3.42. The van der Waals surface area contributed by atoms with E-state index in [9.17, 15) is 4.79 Å². The van der Waals surface area contributed by atoms with Gasteiger partial charge in [-0.3, -0.25) is 4.79 Å². The fraction of sp³-hybridized carbons (Fsp3) is 0.222. The van der Waals surface area contributed by atoms with Gasteiger partial charge < -0.3 is 14.8 Å². The van der Waals surface area contributed by atoms with Crippen LogP contribution in [0.15, 0.2) is 42.5 Å². The molecule has 0 radical (unpaired) electrons. The Bertz CT molecular complexity index is 905. The number of nitrogens with zero attached hydrogens (tertiary/aromatic N) is 4. The van der Waals surface area contributed by atoms with Crippen LogP contribution in [0.25, 0.3) is 11.4 Å². The van der Waals surface area contributed by atoms with Crippen LogP contribution in [0, 0.1) is 6.92 Å². The molecular weight excluding hydrogens is 334 g/mol. The third-order valence-electron chi connectivity index (χ3n) is 3.71. The van der Waals surface area contributed by atoms with Crippen LogP contribution in [-0.2, 0) is 11.3 Å². The highest BCUT2D eigenvalue weighted by Crippen LogP contribution is 2.29. The molecule has 0 aliphatic rings. The zero-order chi connectivity index (χ0) is 18.5. The number of ether oxygens (including phenoxy) is 2. The third kappa shape index (κ3) is 3.97. The molecule has 3 rings (SSSR count). The zero-order valence-electron chi connectivity index (χ0n) is 14.8. The van der Waals surface area contributed by atoms with Crippen LogP contribution < -0.4 is 14.8 Å². The minimum Gasteiger partial charge on any atom is -0.493 e. The van der Waals surface area contributed by atoms with Crippen LogP contribution in [0.4, 0.5) is 5.69 Å². The summed E-state index contributed by atoms with van der Waals surface area (Å²) < 4.78 is 10.4. The number of tetrazole rings is 1. The SMILES string of the molecule is COc1ccc(NC(=O)Cn2nnc(-c3ccc(C)cc3)n2)cc1OC. The predicted molar refractivity (Wildman–Crippen MR) is 96.2 cm³/mol. The van der Waals surface area contributed by atoms with Crippen molar-refractivity contribution in [3.05, 3.63) is 48.0 Å². The van der Waals surface area contributed by atoms with E-state index in [0.717, 1.165) is 11.1 Å². The van der Waals surface area contributed by atoms with E-state index in [1.54, 1.807) is 25.3 Å². The number of rotatable bonds is 6. The number of methoxy groups -OCH3 is 2. The highest BCUT2D eigenvalue weighted by atomic mass is 16.5. The Morgan fingerprint density at radius 1 is 1.08 bits per heavy atom. The molecule has 0 bridgehead atoms. The van der Waals surface area contributed by atoms with Gasteiger partial charge in [-0.1, -0.05) is 29.8 Å². The zero-order valence-corrected chi connectivity index (χ0v) is 14.8. The smallest absolute Gasteiger partial charge is 0.248 e. The number of benzene rings is 2. The summed E-state index contributed by atoms with van der Waals surface area (Å²) in [4.78, 5) is 13.5. The van der Waals surface area contributed by atoms with Crippen molar-refractivity contribution >= 4 is 11.6 Å². The molecule has 8 heteroatoms. The first-order valence-electron chi connectivity index (χ1n) is 7.96. The number of aromatic nitrogens is 4. The number of hydrogen-bond donors (Lipinski definition) is 1. The molecule has 0 spiro atoms. The highest BCUT2D eigenvalue weighted by Gasteiger charge is 2.11. The molecule has 134 valence electrons. The maximum Gasteiger partial charge on any atom is 0.248 e. The number of carbonyl (C=O) groups is 1. The number of amides is 1. The van der Waals surface area contributed by atoms with E-state index in [1.807, 2.05) is 31.2 Å². The number of carbonyl (C=O) groups excluding carboxylic acids is 1. The van der Waals surface area contributed by atoms with Crippen LogP contribution in [0.1, 0.15) is 5.56 Å². The maximum absolute atomic E-state index is 12.2. The lowest BCUT2D eigenvalue weighted by Gasteiger charge is -2.10. The summed E-state index contributed by atoms with van der Waals surface area (Å²) in [5, 5.41) is 14.9. The second kappa shape index (κ2) is 7.64. The fourth-order valence-corrected chi connectivity index (χ4v) is 2.37. The molecule has 0 saturated heterocycles. The average molecular weight is 353 g/mol. The summed E-state index contributed by atoms with van der Waals surface area (Å²) in [5.74, 6) is 1.33. The van der Waals surface area contributed by atoms with Gasteiger partial charge in [0.05, 0.1) is 14.2 Å². The molecule has 3 aromatic rings. The minimum atomic E-state index is -0.273. The van der Waals surface area contributed by atoms with E-state index in [2.05, 4.69) is 20.7 Å². The van der Waals surface area contributed by atoms with E-state index in [-0.39, 0.29) is 12.5 Å². The van der Waals surface area contributed by atoms with Crippen LogP contribution in [0.3, 0.4) is 0 Å². The van der Waals surface area contributed by atoms with Crippen molar-refractivity contribution in [1.29, 1.82) is 0 Å². The van der Waals surface area contributed by atoms with Gasteiger partial charge in [0.2, 0.25) is 11.7 Å². The molecular formula is C18H19N5O3. The summed E-state index contributed by atoms with van der Waals surface area (Å²) >= 11 is 0. The van der Waals surface area contributed by atoms with E-state index in [4.69, 9.17) is 9.47 Å². The van der Waals surface area contributed by atoms with Gasteiger partial charge in [0, 0.05) is 17.3 Å². The molecule has 1 N–H and O–H groups in total. The van der Waals surface area contributed by atoms with Gasteiger partial charge in [0.1, 0.15) is 6.54 Å². The van der Waals surface area contributed by atoms with Gasteiger partial charge in [-0.2, -0.15) is 4.80 Å². The maximum atomic E-state index is 12.2. The second-order valence-corrected chi connectivity index (χ2v) is 5.63. The van der Waals surface area contributed by atoms with E-state index in [0.29, 0.717) is 23.0 Å². The molecule has 1 aromatic heterocycles. The molecule has 0 saturated carbocycles. The highest BCUT2D eigenvalue weighted by molar-refractivity contribution is 5.90. The Balaban J connectivity index is 1.66. The number of nitrogens with one attached hydrogen (secondary N) is 1. The van der Waals surface area contributed by atoms with Crippen LogP contribution in [0.5, 0.6) is 11.5 Å². The quantitative estimate of drug-likeness (QED) is 0.731. The summed E-state index contributed by atoms with van der Waals surface area (Å²) in [7, 11) is 3.09. The Kier molecular flexibility index (Phi) is 5.12. The first-order chi connectivity index (χ1) is 12.6. The number of anilines is 1. The summed E-state index contributed by atoms with van der Waals surface area (Å²) in [5.41, 5.74) is 2.59. The molecule has 8 nitrogen and oxygen atoms in total. The van der Waals surface area contributed by atoms with Gasteiger partial charge in [0.15, 0.2) is 11.5 Å². The van der Waals surface area contributed by atoms with Crippen molar-refractivity contribution in [3.63, 3.8) is 0 Å². The van der Waals surface area contributed by atoms with E-state index in [1.165, 1.54) is 11.9 Å². The molecule has 0 aliphatic carbocycles. The third-order valence-corrected chi connectivity index (χ3v) is 3.71.